The second kappa shape index (κ2) is 7.31. The number of benzene rings is 1. The molecule has 0 aliphatic rings. The molecule has 3 N–H and O–H groups in total. The third-order valence-corrected chi connectivity index (χ3v) is 1.31. The van der Waals surface area contributed by atoms with Gasteiger partial charge in [0.25, 0.3) is 0 Å². The van der Waals surface area contributed by atoms with Gasteiger partial charge in [0, 0.05) is 0 Å². The molecule has 0 radical (unpaired) electrons. The second-order valence-corrected chi connectivity index (χ2v) is 2.46. The van der Waals surface area contributed by atoms with E-state index in [1.807, 2.05) is 0 Å². The van der Waals surface area contributed by atoms with Crippen molar-refractivity contribution >= 4 is 5.97 Å². The monoisotopic (exact) mass is 181 g/mol. The average molecular weight is 181 g/mol. The number of nitrogens with two attached hydrogens (primary N) is 1. The number of carboxylic acid groups (broad SMARTS) is 1. The molecule has 1 aromatic rings. The summed E-state index contributed by atoms with van der Waals surface area (Å²) in [6.45, 7) is 2.88. The van der Waals surface area contributed by atoms with E-state index in [1.54, 1.807) is 30.3 Å². The first-order valence-corrected chi connectivity index (χ1v) is 4.20. The summed E-state index contributed by atoms with van der Waals surface area (Å²) in [5.41, 5.74) is 5.36. The number of rotatable bonds is 2. The Morgan fingerprint density at radius 2 is 1.85 bits per heavy atom. The topological polar surface area (TPSA) is 63.3 Å². The van der Waals surface area contributed by atoms with Crippen molar-refractivity contribution in [2.45, 2.75) is 13.3 Å². The Bertz CT molecular complexity index is 232. The van der Waals surface area contributed by atoms with Crippen LogP contribution in [0.1, 0.15) is 23.7 Å². The van der Waals surface area contributed by atoms with Crippen molar-refractivity contribution in [3.05, 3.63) is 35.9 Å². The van der Waals surface area contributed by atoms with E-state index in [4.69, 9.17) is 10.8 Å². The van der Waals surface area contributed by atoms with E-state index in [2.05, 4.69) is 6.92 Å². The Kier molecular flexibility index (Phi) is 6.55. The molecule has 1 rings (SSSR count). The van der Waals surface area contributed by atoms with Crippen LogP contribution in [-0.2, 0) is 0 Å². The van der Waals surface area contributed by atoms with Gasteiger partial charge in [-0.1, -0.05) is 25.1 Å². The van der Waals surface area contributed by atoms with E-state index in [9.17, 15) is 4.79 Å². The minimum atomic E-state index is -0.879. The normalized spacial score (nSPS) is 8.46. The van der Waals surface area contributed by atoms with Crippen molar-refractivity contribution < 1.29 is 9.90 Å². The molecule has 0 saturated heterocycles. The number of carboxylic acids is 1. The van der Waals surface area contributed by atoms with Crippen LogP contribution in [0.5, 0.6) is 0 Å². The van der Waals surface area contributed by atoms with Crippen LogP contribution in [0.3, 0.4) is 0 Å². The summed E-state index contributed by atoms with van der Waals surface area (Å²) < 4.78 is 0. The predicted molar refractivity (Wildman–Crippen MR) is 52.7 cm³/mol. The van der Waals surface area contributed by atoms with Crippen LogP contribution in [-0.4, -0.2) is 17.6 Å². The van der Waals surface area contributed by atoms with Gasteiger partial charge >= 0.3 is 5.97 Å². The van der Waals surface area contributed by atoms with Crippen molar-refractivity contribution in [3.63, 3.8) is 0 Å². The van der Waals surface area contributed by atoms with Gasteiger partial charge in [-0.3, -0.25) is 0 Å². The van der Waals surface area contributed by atoms with Crippen LogP contribution in [0, 0.1) is 0 Å². The molecule has 13 heavy (non-hydrogen) atoms. The third kappa shape index (κ3) is 5.87. The Labute approximate surface area is 78.2 Å². The molecule has 0 fully saturated rings. The van der Waals surface area contributed by atoms with Crippen molar-refractivity contribution in [1.82, 2.24) is 0 Å². The highest BCUT2D eigenvalue weighted by Crippen LogP contribution is 1.96. The van der Waals surface area contributed by atoms with Gasteiger partial charge in [0.05, 0.1) is 5.56 Å². The summed E-state index contributed by atoms with van der Waals surface area (Å²) in [5, 5.41) is 8.38. The van der Waals surface area contributed by atoms with Crippen LogP contribution in [0.15, 0.2) is 30.3 Å². The smallest absolute Gasteiger partial charge is 0.335 e. The van der Waals surface area contributed by atoms with Crippen molar-refractivity contribution in [3.8, 4) is 0 Å². The van der Waals surface area contributed by atoms with Crippen molar-refractivity contribution in [2.75, 3.05) is 6.54 Å². The van der Waals surface area contributed by atoms with E-state index in [1.165, 1.54) is 0 Å². The molecular formula is C10H15NO2. The van der Waals surface area contributed by atoms with Gasteiger partial charge in [0.1, 0.15) is 0 Å². The van der Waals surface area contributed by atoms with Gasteiger partial charge < -0.3 is 10.8 Å². The fraction of sp³-hybridized carbons (Fsp3) is 0.300. The van der Waals surface area contributed by atoms with Crippen LogP contribution >= 0.6 is 0 Å². The number of hydrogen-bond donors (Lipinski definition) is 2. The number of carbonyl (C=O) groups is 1. The van der Waals surface area contributed by atoms with Crippen LogP contribution in [0.25, 0.3) is 0 Å². The molecular weight excluding hydrogens is 166 g/mol. The lowest BCUT2D eigenvalue weighted by Gasteiger charge is -1.88. The summed E-state index contributed by atoms with van der Waals surface area (Å²) in [4.78, 5) is 10.2. The van der Waals surface area contributed by atoms with Crippen molar-refractivity contribution in [1.29, 1.82) is 0 Å². The average Bonchev–Trinajstić information content (AvgIpc) is 2.19. The van der Waals surface area contributed by atoms with E-state index in [0.717, 1.165) is 13.0 Å². The zero-order chi connectivity index (χ0) is 10.1. The highest BCUT2D eigenvalue weighted by atomic mass is 16.4. The van der Waals surface area contributed by atoms with Gasteiger partial charge in [-0.2, -0.15) is 0 Å². The minimum absolute atomic E-state index is 0.331. The molecule has 1 aromatic carbocycles. The second-order valence-electron chi connectivity index (χ2n) is 2.46. The first-order chi connectivity index (χ1) is 6.22. The molecule has 0 unspecified atom stereocenters. The lowest BCUT2D eigenvalue weighted by molar-refractivity contribution is 0.0697. The molecule has 3 heteroatoms. The zero-order valence-corrected chi connectivity index (χ0v) is 7.73. The molecule has 0 atom stereocenters. The maximum atomic E-state index is 10.2. The van der Waals surface area contributed by atoms with Gasteiger partial charge in [-0.25, -0.2) is 4.79 Å². The van der Waals surface area contributed by atoms with Gasteiger partial charge in [-0.15, -0.1) is 0 Å². The molecule has 0 bridgehead atoms. The molecule has 0 heterocycles. The lowest BCUT2D eigenvalue weighted by Crippen LogP contribution is -1.93. The van der Waals surface area contributed by atoms with Gasteiger partial charge in [-0.05, 0) is 25.1 Å². The Balaban J connectivity index is 0.000000310. The molecule has 72 valence electrons. The largest absolute Gasteiger partial charge is 0.478 e. The van der Waals surface area contributed by atoms with Crippen LogP contribution in [0.4, 0.5) is 0 Å². The summed E-state index contributed by atoms with van der Waals surface area (Å²) in [5.74, 6) is -0.879. The minimum Gasteiger partial charge on any atom is -0.478 e. The standard InChI is InChI=1S/C7H6O2.C3H9N/c8-7(9)6-4-2-1-3-5-6;1-2-3-4/h1-5H,(H,8,9);2-4H2,1H3. The first kappa shape index (κ1) is 11.6. The van der Waals surface area contributed by atoms with E-state index < -0.39 is 5.97 Å². The van der Waals surface area contributed by atoms with Crippen LogP contribution in [0.2, 0.25) is 0 Å². The zero-order valence-electron chi connectivity index (χ0n) is 7.73. The van der Waals surface area contributed by atoms with Crippen molar-refractivity contribution in [2.24, 2.45) is 5.73 Å². The molecule has 0 saturated carbocycles. The molecule has 0 aromatic heterocycles. The molecule has 0 amide bonds. The fourth-order valence-corrected chi connectivity index (χ4v) is 0.581. The highest BCUT2D eigenvalue weighted by molar-refractivity contribution is 5.87. The SMILES string of the molecule is CCCN.O=C(O)c1ccccc1. The van der Waals surface area contributed by atoms with Gasteiger partial charge in [0.15, 0.2) is 0 Å². The Morgan fingerprint density at radius 3 is 2.08 bits per heavy atom. The quantitative estimate of drug-likeness (QED) is 0.730. The predicted octanol–water partition coefficient (Wildman–Crippen LogP) is 1.74. The van der Waals surface area contributed by atoms with E-state index >= 15 is 0 Å². The maximum Gasteiger partial charge on any atom is 0.335 e. The summed E-state index contributed by atoms with van der Waals surface area (Å²) in [6, 6.07) is 8.30. The fourth-order valence-electron chi connectivity index (χ4n) is 0.581. The maximum absolute atomic E-state index is 10.2. The van der Waals surface area contributed by atoms with Gasteiger partial charge in [0.2, 0.25) is 0 Å². The first-order valence-electron chi connectivity index (χ1n) is 4.20. The third-order valence-electron chi connectivity index (χ3n) is 1.31. The van der Waals surface area contributed by atoms with E-state index in [-0.39, 0.29) is 0 Å². The summed E-state index contributed by atoms with van der Waals surface area (Å²) >= 11 is 0. The molecule has 0 aliphatic heterocycles. The molecule has 0 aliphatic carbocycles. The van der Waals surface area contributed by atoms with E-state index in [0.29, 0.717) is 5.56 Å². The Morgan fingerprint density at radius 1 is 1.38 bits per heavy atom. The molecule has 3 nitrogen and oxygen atoms in total. The molecule has 0 spiro atoms. The highest BCUT2D eigenvalue weighted by Gasteiger charge is 1.96. The van der Waals surface area contributed by atoms with Crippen LogP contribution < -0.4 is 5.73 Å². The summed E-state index contributed by atoms with van der Waals surface area (Å²) in [6.07, 6.45) is 1.10. The lowest BCUT2D eigenvalue weighted by atomic mass is 10.2. The Hall–Kier alpha value is -1.35. The summed E-state index contributed by atoms with van der Waals surface area (Å²) in [7, 11) is 0. The number of aromatic carboxylic acids is 1. The number of hydrogen-bond acceptors (Lipinski definition) is 2.